The summed E-state index contributed by atoms with van der Waals surface area (Å²) in [6.45, 7) is 2.66. The smallest absolute Gasteiger partial charge is 0.339 e. The van der Waals surface area contributed by atoms with Crippen molar-refractivity contribution in [2.45, 2.75) is 45.6 Å². The van der Waals surface area contributed by atoms with E-state index in [1.807, 2.05) is 24.3 Å². The van der Waals surface area contributed by atoms with Crippen molar-refractivity contribution in [3.8, 4) is 0 Å². The van der Waals surface area contributed by atoms with Gasteiger partial charge in [-0.05, 0) is 36.2 Å². The molecule has 0 aromatic heterocycles. The first-order valence-electron chi connectivity index (χ1n) is 9.29. The van der Waals surface area contributed by atoms with E-state index in [4.69, 9.17) is 9.47 Å². The number of esters is 2. The van der Waals surface area contributed by atoms with Gasteiger partial charge in [0, 0.05) is 4.47 Å². The van der Waals surface area contributed by atoms with Gasteiger partial charge in [0.05, 0.1) is 17.7 Å². The van der Waals surface area contributed by atoms with E-state index in [0.29, 0.717) is 6.61 Å². The molecule has 0 atom stereocenters. The minimum absolute atomic E-state index is 0.138. The zero-order valence-electron chi connectivity index (χ0n) is 15.6. The first-order valence-corrected chi connectivity index (χ1v) is 10.1. The van der Waals surface area contributed by atoms with E-state index in [2.05, 4.69) is 22.9 Å². The molecule has 0 N–H and O–H groups in total. The number of benzene rings is 2. The maximum atomic E-state index is 12.4. The predicted octanol–water partition coefficient (Wildman–Crippen LogP) is 5.93. The second-order valence-electron chi connectivity index (χ2n) is 6.30. The van der Waals surface area contributed by atoms with Gasteiger partial charge in [0.15, 0.2) is 0 Å². The van der Waals surface area contributed by atoms with Gasteiger partial charge in [-0.2, -0.15) is 0 Å². The molecule has 0 saturated heterocycles. The van der Waals surface area contributed by atoms with Gasteiger partial charge in [-0.25, -0.2) is 9.59 Å². The van der Waals surface area contributed by atoms with Gasteiger partial charge < -0.3 is 9.47 Å². The van der Waals surface area contributed by atoms with Crippen molar-refractivity contribution >= 4 is 27.9 Å². The van der Waals surface area contributed by atoms with E-state index in [-0.39, 0.29) is 17.7 Å². The van der Waals surface area contributed by atoms with Gasteiger partial charge >= 0.3 is 11.9 Å². The first kappa shape index (κ1) is 21.2. The fraction of sp³-hybridized carbons (Fsp3) is 0.364. The van der Waals surface area contributed by atoms with E-state index in [1.165, 1.54) is 12.8 Å². The first-order chi connectivity index (χ1) is 13.1. The Bertz CT molecular complexity index is 757. The molecule has 0 bridgehead atoms. The monoisotopic (exact) mass is 432 g/mol. The minimum atomic E-state index is -0.537. The Labute approximate surface area is 169 Å². The molecule has 0 aliphatic carbocycles. The highest BCUT2D eigenvalue weighted by molar-refractivity contribution is 9.10. The van der Waals surface area contributed by atoms with Crippen molar-refractivity contribution < 1.29 is 19.1 Å². The van der Waals surface area contributed by atoms with E-state index < -0.39 is 11.9 Å². The molecule has 0 fully saturated rings. The Morgan fingerprint density at radius 2 is 1.52 bits per heavy atom. The Morgan fingerprint density at radius 3 is 2.19 bits per heavy atom. The summed E-state index contributed by atoms with van der Waals surface area (Å²) in [5.41, 5.74) is 1.33. The molecule has 0 spiro atoms. The standard InChI is InChI=1S/C22H25BrO4/c1-2-3-4-5-8-14-26-21(24)19-12-6-7-13-20(19)22(25)27-16-17-10-9-11-18(23)15-17/h6-7,9-13,15H,2-5,8,14,16H2,1H3. The van der Waals surface area contributed by atoms with Gasteiger partial charge in [0.2, 0.25) is 0 Å². The molecule has 4 nitrogen and oxygen atoms in total. The van der Waals surface area contributed by atoms with Crippen molar-refractivity contribution in [1.29, 1.82) is 0 Å². The molecule has 5 heteroatoms. The summed E-state index contributed by atoms with van der Waals surface area (Å²) < 4.78 is 11.6. The molecule has 144 valence electrons. The van der Waals surface area contributed by atoms with Crippen LogP contribution in [0.15, 0.2) is 53.0 Å². The number of carbonyl (C=O) groups excluding carboxylic acids is 2. The average molecular weight is 433 g/mol. The highest BCUT2D eigenvalue weighted by Gasteiger charge is 2.19. The van der Waals surface area contributed by atoms with Gasteiger partial charge in [-0.1, -0.05) is 72.8 Å². The van der Waals surface area contributed by atoms with E-state index >= 15 is 0 Å². The van der Waals surface area contributed by atoms with E-state index in [1.54, 1.807) is 24.3 Å². The van der Waals surface area contributed by atoms with Gasteiger partial charge in [0.25, 0.3) is 0 Å². The molecular formula is C22H25BrO4. The fourth-order valence-corrected chi connectivity index (χ4v) is 3.09. The molecule has 27 heavy (non-hydrogen) atoms. The Hall–Kier alpha value is -2.14. The van der Waals surface area contributed by atoms with Gasteiger partial charge in [-0.3, -0.25) is 0 Å². The maximum Gasteiger partial charge on any atom is 0.339 e. The summed E-state index contributed by atoms with van der Waals surface area (Å²) in [7, 11) is 0. The molecule has 2 aromatic carbocycles. The van der Waals surface area contributed by atoms with Gasteiger partial charge in [0.1, 0.15) is 6.61 Å². The zero-order valence-corrected chi connectivity index (χ0v) is 17.2. The van der Waals surface area contributed by atoms with Crippen molar-refractivity contribution in [3.05, 3.63) is 69.7 Å². The Kier molecular flexibility index (Phi) is 9.05. The normalized spacial score (nSPS) is 10.4. The number of ether oxygens (including phenoxy) is 2. The summed E-state index contributed by atoms with van der Waals surface area (Å²) in [4.78, 5) is 24.8. The average Bonchev–Trinajstić information content (AvgIpc) is 2.68. The molecule has 0 unspecified atom stereocenters. The molecular weight excluding hydrogens is 408 g/mol. The lowest BCUT2D eigenvalue weighted by Gasteiger charge is -2.10. The maximum absolute atomic E-state index is 12.4. The summed E-state index contributed by atoms with van der Waals surface area (Å²) in [6, 6.07) is 14.1. The Morgan fingerprint density at radius 1 is 0.852 bits per heavy atom. The van der Waals surface area contributed by atoms with E-state index in [0.717, 1.165) is 29.3 Å². The van der Waals surface area contributed by atoms with Crippen molar-refractivity contribution in [3.63, 3.8) is 0 Å². The van der Waals surface area contributed by atoms with Crippen LogP contribution >= 0.6 is 15.9 Å². The second kappa shape index (κ2) is 11.5. The predicted molar refractivity (Wildman–Crippen MR) is 109 cm³/mol. The van der Waals surface area contributed by atoms with E-state index in [9.17, 15) is 9.59 Å². The summed E-state index contributed by atoms with van der Waals surface area (Å²) >= 11 is 3.39. The van der Waals surface area contributed by atoms with Crippen LogP contribution in [0.5, 0.6) is 0 Å². The van der Waals surface area contributed by atoms with Crippen molar-refractivity contribution in [2.75, 3.05) is 6.61 Å². The van der Waals surface area contributed by atoms with Crippen LogP contribution in [0.2, 0.25) is 0 Å². The number of rotatable bonds is 10. The molecule has 0 heterocycles. The molecule has 2 aromatic rings. The van der Waals surface area contributed by atoms with Crippen LogP contribution in [0.25, 0.3) is 0 Å². The van der Waals surface area contributed by atoms with Crippen LogP contribution in [0.1, 0.15) is 65.3 Å². The van der Waals surface area contributed by atoms with Crippen LogP contribution in [0.4, 0.5) is 0 Å². The lowest BCUT2D eigenvalue weighted by Crippen LogP contribution is -2.14. The SMILES string of the molecule is CCCCCCCOC(=O)c1ccccc1C(=O)OCc1cccc(Br)c1. The summed E-state index contributed by atoms with van der Waals surface area (Å²) in [5, 5.41) is 0. The number of hydrogen-bond donors (Lipinski definition) is 0. The molecule has 0 saturated carbocycles. The third kappa shape index (κ3) is 7.18. The number of halogens is 1. The third-order valence-corrected chi connectivity index (χ3v) is 4.60. The topological polar surface area (TPSA) is 52.6 Å². The van der Waals surface area contributed by atoms with Crippen molar-refractivity contribution in [1.82, 2.24) is 0 Å². The largest absolute Gasteiger partial charge is 0.462 e. The zero-order chi connectivity index (χ0) is 19.5. The van der Waals surface area contributed by atoms with Crippen LogP contribution in [0.3, 0.4) is 0 Å². The third-order valence-electron chi connectivity index (χ3n) is 4.11. The minimum Gasteiger partial charge on any atom is -0.462 e. The molecule has 0 aliphatic rings. The number of carbonyl (C=O) groups is 2. The molecule has 2 rings (SSSR count). The Balaban J connectivity index is 1.91. The summed E-state index contributed by atoms with van der Waals surface area (Å²) in [6.07, 6.45) is 5.39. The quantitative estimate of drug-likeness (QED) is 0.344. The number of hydrogen-bond acceptors (Lipinski definition) is 4. The van der Waals surface area contributed by atoms with Crippen LogP contribution in [0, 0.1) is 0 Å². The second-order valence-corrected chi connectivity index (χ2v) is 7.22. The molecule has 0 amide bonds. The van der Waals surface area contributed by atoms with Crippen LogP contribution < -0.4 is 0 Å². The fourth-order valence-electron chi connectivity index (χ4n) is 2.64. The molecule has 0 aliphatic heterocycles. The highest BCUT2D eigenvalue weighted by atomic mass is 79.9. The van der Waals surface area contributed by atoms with Crippen molar-refractivity contribution in [2.24, 2.45) is 0 Å². The highest BCUT2D eigenvalue weighted by Crippen LogP contribution is 2.16. The van der Waals surface area contributed by atoms with Crippen LogP contribution in [-0.4, -0.2) is 18.5 Å². The lowest BCUT2D eigenvalue weighted by atomic mass is 10.1. The van der Waals surface area contributed by atoms with Gasteiger partial charge in [-0.15, -0.1) is 0 Å². The van der Waals surface area contributed by atoms with Crippen LogP contribution in [-0.2, 0) is 16.1 Å². The molecule has 0 radical (unpaired) electrons. The summed E-state index contributed by atoms with van der Waals surface area (Å²) in [5.74, 6) is -1.02. The number of unbranched alkanes of at least 4 members (excludes halogenated alkanes) is 4. The lowest BCUT2D eigenvalue weighted by molar-refractivity contribution is 0.0436.